The lowest BCUT2D eigenvalue weighted by molar-refractivity contribution is -0.175. The molecule has 3 aliphatic heterocycles. The zero-order chi connectivity index (χ0) is 38.2. The third-order valence-electron chi connectivity index (χ3n) is 20.9. The van der Waals surface area contributed by atoms with Crippen LogP contribution in [0.2, 0.25) is 0 Å². The summed E-state index contributed by atoms with van der Waals surface area (Å²) in [6.45, 7) is 0.0957. The van der Waals surface area contributed by atoms with E-state index in [0.717, 1.165) is 35.5 Å². The lowest BCUT2D eigenvalue weighted by Gasteiger charge is -2.66. The van der Waals surface area contributed by atoms with E-state index in [1.165, 1.54) is 141 Å². The van der Waals surface area contributed by atoms with Crippen molar-refractivity contribution in [3.05, 3.63) is 126 Å². The van der Waals surface area contributed by atoms with Crippen LogP contribution in [-0.4, -0.2) is 11.4 Å². The minimum Gasteiger partial charge on any atom is -0.374 e. The van der Waals surface area contributed by atoms with E-state index in [-0.39, 0.29) is 6.85 Å². The van der Waals surface area contributed by atoms with Crippen molar-refractivity contribution in [3.63, 3.8) is 0 Å². The summed E-state index contributed by atoms with van der Waals surface area (Å²) in [5.41, 5.74) is 20.9. The highest BCUT2D eigenvalue weighted by Gasteiger charge is 2.78. The fourth-order valence-corrected chi connectivity index (χ4v) is 20.2. The quantitative estimate of drug-likeness (QED) is 0.165. The lowest BCUT2D eigenvalue weighted by Crippen LogP contribution is -2.61. The molecule has 7 unspecified atom stereocenters. The number of rotatable bonds is 3. The molecule has 6 aromatic carbocycles. The van der Waals surface area contributed by atoms with Crippen LogP contribution in [0, 0.1) is 46.3 Å². The van der Waals surface area contributed by atoms with Crippen molar-refractivity contribution in [2.45, 2.75) is 84.8 Å². The Kier molecular flexibility index (Phi) is 4.96. The number of aromatic nitrogens is 1. The molecule has 9 saturated carbocycles. The third-order valence-corrected chi connectivity index (χ3v) is 22.0. The number of para-hydroxylation sites is 2. The molecule has 2 nitrogen and oxygen atoms in total. The first-order chi connectivity index (χ1) is 29.5. The number of hydrogen-bond donors (Lipinski definition) is 0. The Morgan fingerprint density at radius 1 is 0.583 bits per heavy atom. The SMILES string of the molecule is c1ccc(-c2cc3c4c(c2)-n2c5ccc(C67CC8CC9CC8(C6)C9C7)cc5c5cc(C67CC8CC9CC(C6)C98C7)cc(c52)B4N2c4ccccc4Sc4cccc-3c42)cc1. The third kappa shape index (κ3) is 3.12. The Hall–Kier alpha value is -4.67. The van der Waals surface area contributed by atoms with Crippen molar-refractivity contribution >= 4 is 62.7 Å². The molecule has 0 N–H and O–H groups in total. The van der Waals surface area contributed by atoms with Gasteiger partial charge >= 0.3 is 6.85 Å². The molecular weight excluding hydrogens is 744 g/mol. The van der Waals surface area contributed by atoms with Gasteiger partial charge in [-0.1, -0.05) is 78.5 Å². The molecule has 7 atom stereocenters. The molecule has 4 heteroatoms. The summed E-state index contributed by atoms with van der Waals surface area (Å²) in [5, 5.41) is 3.05. The molecule has 7 aromatic rings. The summed E-state index contributed by atoms with van der Waals surface area (Å²) in [4.78, 5) is 5.57. The van der Waals surface area contributed by atoms with Crippen molar-refractivity contribution in [3.8, 4) is 27.9 Å². The molecule has 0 radical (unpaired) electrons. The highest BCUT2D eigenvalue weighted by atomic mass is 32.2. The van der Waals surface area contributed by atoms with E-state index >= 15 is 0 Å². The maximum atomic E-state index is 2.82. The van der Waals surface area contributed by atoms with E-state index in [2.05, 4.69) is 125 Å². The summed E-state index contributed by atoms with van der Waals surface area (Å²) < 4.78 is 2.78. The normalized spacial score (nSPS) is 37.1. The Morgan fingerprint density at radius 2 is 1.40 bits per heavy atom. The molecule has 288 valence electrons. The standard InChI is InChI=1S/C56H45BN2S/c1-2-7-30(8-3-1)31-16-41-39-9-6-12-49-52(39)59(46-10-4-5-11-48(46)60-49)57-44-22-34(53-25-37-18-35-19-38(26-53)56(35,37)29-53)21-42-40-20-33(13-14-45(40)58(51(42)44)47(17-31)50(41)57)54-24-36-15-32-23-55(36,28-54)43(32)27-54/h1-14,16-17,20-22,32,35-38,43H,15,18-19,23-29H2. The average Bonchev–Trinajstić information content (AvgIpc) is 4.11. The zero-order valence-electron chi connectivity index (χ0n) is 33.9. The van der Waals surface area contributed by atoms with Gasteiger partial charge in [-0.05, 0) is 209 Å². The van der Waals surface area contributed by atoms with Crippen molar-refractivity contribution in [1.82, 2.24) is 4.57 Å². The van der Waals surface area contributed by atoms with Crippen LogP contribution in [0.1, 0.15) is 75.3 Å². The molecule has 4 heterocycles. The van der Waals surface area contributed by atoms with E-state index in [1.807, 2.05) is 11.8 Å². The molecule has 19 rings (SSSR count). The maximum Gasteiger partial charge on any atom is 0.333 e. The second kappa shape index (κ2) is 9.53. The van der Waals surface area contributed by atoms with Crippen molar-refractivity contribution < 1.29 is 0 Å². The minimum atomic E-state index is 0.0957. The van der Waals surface area contributed by atoms with Crippen LogP contribution in [0.3, 0.4) is 0 Å². The van der Waals surface area contributed by atoms with Gasteiger partial charge in [-0.3, -0.25) is 0 Å². The first-order valence-electron chi connectivity index (χ1n) is 23.6. The number of anilines is 2. The lowest BCUT2D eigenvalue weighted by atomic mass is 9.38. The van der Waals surface area contributed by atoms with Crippen LogP contribution in [0.15, 0.2) is 125 Å². The van der Waals surface area contributed by atoms with Gasteiger partial charge in [0, 0.05) is 37.5 Å². The van der Waals surface area contributed by atoms with Gasteiger partial charge in [-0.15, -0.1) is 0 Å². The van der Waals surface area contributed by atoms with Gasteiger partial charge in [0.15, 0.2) is 0 Å². The Morgan fingerprint density at radius 3 is 2.25 bits per heavy atom. The Bertz CT molecular complexity index is 3220. The number of benzene rings is 6. The largest absolute Gasteiger partial charge is 0.374 e. The summed E-state index contributed by atoms with van der Waals surface area (Å²) in [5.74, 6) is 5.97. The van der Waals surface area contributed by atoms with Gasteiger partial charge in [0.25, 0.3) is 0 Å². The van der Waals surface area contributed by atoms with Gasteiger partial charge in [-0.25, -0.2) is 0 Å². The first kappa shape index (κ1) is 31.2. The monoisotopic (exact) mass is 788 g/mol. The first-order valence-corrected chi connectivity index (χ1v) is 24.4. The molecule has 12 aliphatic rings. The van der Waals surface area contributed by atoms with E-state index in [1.54, 1.807) is 16.6 Å². The fraction of sp³-hybridized carbons (Fsp3) is 0.357. The Labute approximate surface area is 355 Å². The average molecular weight is 789 g/mol. The zero-order valence-corrected chi connectivity index (χ0v) is 34.7. The molecule has 1 aromatic heterocycles. The van der Waals surface area contributed by atoms with Gasteiger partial charge < -0.3 is 9.38 Å². The molecule has 0 amide bonds. The fourth-order valence-electron chi connectivity index (χ4n) is 19.1. The van der Waals surface area contributed by atoms with Gasteiger partial charge in [0.1, 0.15) is 0 Å². The molecule has 0 saturated heterocycles. The second-order valence-electron chi connectivity index (χ2n) is 22.5. The molecule has 9 fully saturated rings. The smallest absolute Gasteiger partial charge is 0.333 e. The molecule has 60 heavy (non-hydrogen) atoms. The van der Waals surface area contributed by atoms with E-state index in [4.69, 9.17) is 0 Å². The summed E-state index contributed by atoms with van der Waals surface area (Å²) >= 11 is 1.96. The van der Waals surface area contributed by atoms with Crippen LogP contribution < -0.4 is 15.7 Å². The number of fused-ring (bicyclic) bond motifs is 11. The van der Waals surface area contributed by atoms with E-state index in [9.17, 15) is 0 Å². The highest BCUT2D eigenvalue weighted by Crippen LogP contribution is 2.85. The van der Waals surface area contributed by atoms with Crippen LogP contribution in [0.25, 0.3) is 49.7 Å². The van der Waals surface area contributed by atoms with Gasteiger partial charge in [0.2, 0.25) is 0 Å². The Balaban J connectivity index is 0.971. The van der Waals surface area contributed by atoms with Crippen LogP contribution in [0.4, 0.5) is 11.4 Å². The summed E-state index contributed by atoms with van der Waals surface area (Å²) in [7, 11) is 0. The van der Waals surface area contributed by atoms with Crippen LogP contribution >= 0.6 is 11.8 Å². The van der Waals surface area contributed by atoms with E-state index < -0.39 is 0 Å². The predicted molar refractivity (Wildman–Crippen MR) is 245 cm³/mol. The van der Waals surface area contributed by atoms with E-state index in [0.29, 0.717) is 21.7 Å². The van der Waals surface area contributed by atoms with Crippen molar-refractivity contribution in [2.24, 2.45) is 46.3 Å². The second-order valence-corrected chi connectivity index (χ2v) is 23.6. The molecule has 9 aliphatic carbocycles. The molecular formula is C56H45BN2S. The topological polar surface area (TPSA) is 8.17 Å². The number of nitrogens with zero attached hydrogens (tertiary/aromatic N) is 2. The highest BCUT2D eigenvalue weighted by molar-refractivity contribution is 7.99. The summed E-state index contributed by atoms with van der Waals surface area (Å²) in [6, 6.07) is 46.4. The predicted octanol–water partition coefficient (Wildman–Crippen LogP) is 12.3. The molecule has 2 spiro atoms. The van der Waals surface area contributed by atoms with Crippen LogP contribution in [0.5, 0.6) is 0 Å². The maximum absolute atomic E-state index is 2.82. The minimum absolute atomic E-state index is 0.0957. The van der Waals surface area contributed by atoms with Gasteiger partial charge in [0.05, 0.1) is 16.7 Å². The van der Waals surface area contributed by atoms with Crippen molar-refractivity contribution in [2.75, 3.05) is 4.81 Å². The summed E-state index contributed by atoms with van der Waals surface area (Å²) in [6.07, 6.45) is 14.7. The van der Waals surface area contributed by atoms with Crippen LogP contribution in [-0.2, 0) is 10.8 Å². The van der Waals surface area contributed by atoms with Gasteiger partial charge in [-0.2, -0.15) is 0 Å². The molecule has 5 bridgehead atoms. The number of hydrogen-bond acceptors (Lipinski definition) is 2. The van der Waals surface area contributed by atoms with Crippen molar-refractivity contribution in [1.29, 1.82) is 0 Å².